The molecule has 0 unspecified atom stereocenters. The van der Waals surface area contributed by atoms with E-state index < -0.39 is 0 Å². The van der Waals surface area contributed by atoms with Crippen molar-refractivity contribution in [3.05, 3.63) is 29.8 Å². The predicted octanol–water partition coefficient (Wildman–Crippen LogP) is 3.35. The van der Waals surface area contributed by atoms with Gasteiger partial charge in [0.1, 0.15) is 0 Å². The van der Waals surface area contributed by atoms with E-state index in [1.54, 1.807) is 0 Å². The fourth-order valence-electron chi connectivity index (χ4n) is 2.57. The summed E-state index contributed by atoms with van der Waals surface area (Å²) in [6, 6.07) is 8.60. The third-order valence-corrected chi connectivity index (χ3v) is 4.08. The summed E-state index contributed by atoms with van der Waals surface area (Å²) in [5, 5.41) is 3.61. The molecule has 0 aromatic heterocycles. The highest BCUT2D eigenvalue weighted by Crippen LogP contribution is 2.40. The lowest BCUT2D eigenvalue weighted by Crippen LogP contribution is -2.43. The molecule has 1 saturated carbocycles. The van der Waals surface area contributed by atoms with E-state index in [-0.39, 0.29) is 0 Å². The van der Waals surface area contributed by atoms with Crippen molar-refractivity contribution in [2.45, 2.75) is 39.0 Å². The second-order valence-electron chi connectivity index (χ2n) is 5.65. The zero-order valence-electron chi connectivity index (χ0n) is 11.0. The fraction of sp³-hybridized carbons (Fsp3) is 0.600. The molecule has 1 aliphatic carbocycles. The number of hydrogen-bond donors (Lipinski definition) is 2. The van der Waals surface area contributed by atoms with Gasteiger partial charge in [-0.25, -0.2) is 0 Å². The summed E-state index contributed by atoms with van der Waals surface area (Å²) in [7, 11) is 0. The van der Waals surface area contributed by atoms with Crippen LogP contribution >= 0.6 is 0 Å². The molecule has 1 aliphatic rings. The molecule has 1 aromatic carbocycles. The zero-order valence-corrected chi connectivity index (χ0v) is 11.0. The number of benzene rings is 1. The number of nitrogens with two attached hydrogens (primary N) is 1. The molecular weight excluding hydrogens is 208 g/mol. The van der Waals surface area contributed by atoms with Gasteiger partial charge in [-0.3, -0.25) is 0 Å². The van der Waals surface area contributed by atoms with Gasteiger partial charge in [0.25, 0.3) is 0 Å². The van der Waals surface area contributed by atoms with Crippen LogP contribution in [-0.2, 0) is 0 Å². The van der Waals surface area contributed by atoms with Gasteiger partial charge in [-0.1, -0.05) is 38.5 Å². The van der Waals surface area contributed by atoms with Crippen molar-refractivity contribution in [3.8, 4) is 0 Å². The van der Waals surface area contributed by atoms with Gasteiger partial charge in [0.15, 0.2) is 0 Å². The van der Waals surface area contributed by atoms with E-state index >= 15 is 0 Å². The average molecular weight is 232 g/mol. The summed E-state index contributed by atoms with van der Waals surface area (Å²) in [4.78, 5) is 0. The fourth-order valence-corrected chi connectivity index (χ4v) is 2.57. The Kier molecular flexibility index (Phi) is 3.72. The van der Waals surface area contributed by atoms with Crippen molar-refractivity contribution >= 4 is 5.69 Å². The van der Waals surface area contributed by atoms with Crippen LogP contribution in [0.5, 0.6) is 0 Å². The van der Waals surface area contributed by atoms with Gasteiger partial charge < -0.3 is 11.1 Å². The van der Waals surface area contributed by atoms with Crippen molar-refractivity contribution in [1.29, 1.82) is 0 Å². The maximum absolute atomic E-state index is 5.89. The molecule has 0 radical (unpaired) electrons. The number of nitrogens with one attached hydrogen (secondary N) is 1. The van der Waals surface area contributed by atoms with Crippen LogP contribution in [0.15, 0.2) is 24.3 Å². The van der Waals surface area contributed by atoms with Crippen LogP contribution in [0, 0.1) is 5.41 Å². The molecule has 2 rings (SSSR count). The molecule has 0 atom stereocenters. The molecule has 0 spiro atoms. The first-order valence-corrected chi connectivity index (χ1v) is 6.70. The molecule has 17 heavy (non-hydrogen) atoms. The molecule has 2 nitrogen and oxygen atoms in total. The van der Waals surface area contributed by atoms with Crippen LogP contribution in [0.4, 0.5) is 5.69 Å². The second kappa shape index (κ2) is 5.09. The summed E-state index contributed by atoms with van der Waals surface area (Å²) in [6.07, 6.45) is 3.89. The molecule has 3 N–H and O–H groups in total. The van der Waals surface area contributed by atoms with E-state index in [9.17, 15) is 0 Å². The predicted molar refractivity (Wildman–Crippen MR) is 74.4 cm³/mol. The van der Waals surface area contributed by atoms with Crippen LogP contribution in [0.3, 0.4) is 0 Å². The van der Waals surface area contributed by atoms with Gasteiger partial charge in [-0.2, -0.15) is 0 Å². The molecule has 94 valence electrons. The topological polar surface area (TPSA) is 38.0 Å². The molecule has 1 fully saturated rings. The Bertz CT molecular complexity index is 361. The van der Waals surface area contributed by atoms with E-state index in [1.807, 2.05) is 0 Å². The van der Waals surface area contributed by atoms with Crippen molar-refractivity contribution in [1.82, 2.24) is 0 Å². The Morgan fingerprint density at radius 2 is 2.00 bits per heavy atom. The van der Waals surface area contributed by atoms with Crippen LogP contribution in [0.1, 0.15) is 44.6 Å². The third-order valence-electron chi connectivity index (χ3n) is 4.08. The second-order valence-corrected chi connectivity index (χ2v) is 5.65. The van der Waals surface area contributed by atoms with Gasteiger partial charge in [-0.15, -0.1) is 0 Å². The van der Waals surface area contributed by atoms with Crippen LogP contribution < -0.4 is 11.1 Å². The third kappa shape index (κ3) is 2.63. The van der Waals surface area contributed by atoms with Gasteiger partial charge in [0, 0.05) is 12.2 Å². The van der Waals surface area contributed by atoms with E-state index in [2.05, 4.69) is 43.4 Å². The maximum Gasteiger partial charge on any atom is 0.0375 e. The Morgan fingerprint density at radius 1 is 1.29 bits per heavy atom. The number of anilines is 1. The molecule has 0 amide bonds. The van der Waals surface area contributed by atoms with E-state index in [0.29, 0.717) is 11.3 Å². The minimum Gasteiger partial charge on any atom is -0.384 e. The lowest BCUT2D eigenvalue weighted by molar-refractivity contribution is 0.163. The molecule has 1 aromatic rings. The molecular formula is C15H24N2. The molecule has 0 saturated heterocycles. The Balaban J connectivity index is 2.03. The number of para-hydroxylation sites is 1. The van der Waals surface area contributed by atoms with Crippen molar-refractivity contribution in [2.24, 2.45) is 11.1 Å². The van der Waals surface area contributed by atoms with Crippen LogP contribution in [-0.4, -0.2) is 13.1 Å². The van der Waals surface area contributed by atoms with E-state index in [4.69, 9.17) is 5.73 Å². The largest absolute Gasteiger partial charge is 0.384 e. The quantitative estimate of drug-likeness (QED) is 0.817. The zero-order chi connectivity index (χ0) is 12.3. The number of hydrogen-bond acceptors (Lipinski definition) is 2. The van der Waals surface area contributed by atoms with E-state index in [0.717, 1.165) is 13.1 Å². The van der Waals surface area contributed by atoms with Gasteiger partial charge >= 0.3 is 0 Å². The standard InChI is InChI=1S/C15H24N2/c1-12(2)13-6-3-4-7-14(13)17-11-15(10-16)8-5-9-15/h3-4,6-7,12,17H,5,8-11,16H2,1-2H3. The van der Waals surface area contributed by atoms with Crippen molar-refractivity contribution in [3.63, 3.8) is 0 Å². The van der Waals surface area contributed by atoms with Gasteiger partial charge in [0.2, 0.25) is 0 Å². The highest BCUT2D eigenvalue weighted by Gasteiger charge is 2.35. The maximum atomic E-state index is 5.89. The van der Waals surface area contributed by atoms with Crippen molar-refractivity contribution in [2.75, 3.05) is 18.4 Å². The smallest absolute Gasteiger partial charge is 0.0375 e. The molecule has 0 heterocycles. The highest BCUT2D eigenvalue weighted by molar-refractivity contribution is 5.52. The normalized spacial score (nSPS) is 17.9. The molecule has 2 heteroatoms. The molecule has 0 aliphatic heterocycles. The Hall–Kier alpha value is -1.02. The van der Waals surface area contributed by atoms with Crippen LogP contribution in [0.25, 0.3) is 0 Å². The van der Waals surface area contributed by atoms with Crippen LogP contribution in [0.2, 0.25) is 0 Å². The first-order valence-electron chi connectivity index (χ1n) is 6.70. The summed E-state index contributed by atoms with van der Waals surface area (Å²) in [5.41, 5.74) is 8.94. The highest BCUT2D eigenvalue weighted by atomic mass is 14.9. The van der Waals surface area contributed by atoms with Crippen molar-refractivity contribution < 1.29 is 0 Å². The molecule has 0 bridgehead atoms. The minimum atomic E-state index is 0.365. The van der Waals surface area contributed by atoms with Gasteiger partial charge in [-0.05, 0) is 42.3 Å². The lowest BCUT2D eigenvalue weighted by Gasteiger charge is -2.41. The average Bonchev–Trinajstić information content (AvgIpc) is 2.28. The first kappa shape index (κ1) is 12.4. The number of rotatable bonds is 5. The summed E-state index contributed by atoms with van der Waals surface area (Å²) in [6.45, 7) is 6.31. The Morgan fingerprint density at radius 3 is 2.53 bits per heavy atom. The Labute approximate surface area is 105 Å². The van der Waals surface area contributed by atoms with Gasteiger partial charge in [0.05, 0.1) is 0 Å². The minimum absolute atomic E-state index is 0.365. The van der Waals surface area contributed by atoms with E-state index in [1.165, 1.54) is 30.5 Å². The summed E-state index contributed by atoms with van der Waals surface area (Å²) >= 11 is 0. The lowest BCUT2D eigenvalue weighted by atomic mass is 9.69. The summed E-state index contributed by atoms with van der Waals surface area (Å²) < 4.78 is 0. The summed E-state index contributed by atoms with van der Waals surface area (Å²) in [5.74, 6) is 0.564. The monoisotopic (exact) mass is 232 g/mol. The first-order chi connectivity index (χ1) is 8.17. The SMILES string of the molecule is CC(C)c1ccccc1NCC1(CN)CCC1.